The monoisotopic (exact) mass is 251 g/mol. The van der Waals surface area contributed by atoms with Gasteiger partial charge < -0.3 is 15.2 Å². The Morgan fingerprint density at radius 2 is 2.00 bits per heavy atom. The highest BCUT2D eigenvalue weighted by Crippen LogP contribution is 2.31. The molecule has 0 spiro atoms. The third kappa shape index (κ3) is 3.80. The summed E-state index contributed by atoms with van der Waals surface area (Å²) in [6, 6.07) is -0.933. The van der Waals surface area contributed by atoms with E-state index in [4.69, 9.17) is 9.84 Å². The molecule has 0 aromatic heterocycles. The Hall–Kier alpha value is -0.910. The number of halogens is 2. The van der Waals surface area contributed by atoms with Gasteiger partial charge in [-0.25, -0.2) is 13.6 Å². The van der Waals surface area contributed by atoms with E-state index in [0.717, 1.165) is 0 Å². The summed E-state index contributed by atoms with van der Waals surface area (Å²) in [6.07, 6.45) is -4.21. The average molecular weight is 251 g/mol. The van der Waals surface area contributed by atoms with Gasteiger partial charge in [-0.15, -0.1) is 0 Å². The molecule has 6 heteroatoms. The van der Waals surface area contributed by atoms with Gasteiger partial charge in [-0.05, 0) is 27.2 Å². The second-order valence-corrected chi connectivity index (χ2v) is 5.32. The Bertz CT molecular complexity index is 280. The smallest absolute Gasteiger partial charge is 0.407 e. The average Bonchev–Trinajstić information content (AvgIpc) is 2.43. The van der Waals surface area contributed by atoms with Crippen molar-refractivity contribution in [1.82, 2.24) is 5.32 Å². The van der Waals surface area contributed by atoms with Crippen LogP contribution < -0.4 is 5.32 Å². The van der Waals surface area contributed by atoms with Crippen molar-refractivity contribution < 1.29 is 23.4 Å². The molecule has 1 amide bonds. The van der Waals surface area contributed by atoms with Crippen molar-refractivity contribution >= 4 is 6.09 Å². The van der Waals surface area contributed by atoms with E-state index < -0.39 is 42.6 Å². The summed E-state index contributed by atoms with van der Waals surface area (Å²) in [4.78, 5) is 11.4. The number of amides is 1. The molecule has 0 aromatic carbocycles. The number of carbonyl (C=O) groups is 1. The van der Waals surface area contributed by atoms with Crippen LogP contribution in [0.5, 0.6) is 0 Å². The molecule has 0 radical (unpaired) electrons. The number of alkyl halides is 2. The first kappa shape index (κ1) is 14.2. The highest BCUT2D eigenvalue weighted by atomic mass is 19.2. The first-order valence-electron chi connectivity index (χ1n) is 5.63. The molecule has 1 saturated carbocycles. The van der Waals surface area contributed by atoms with Crippen molar-refractivity contribution in [1.29, 1.82) is 0 Å². The van der Waals surface area contributed by atoms with Crippen molar-refractivity contribution in [2.75, 3.05) is 6.61 Å². The predicted molar refractivity (Wildman–Crippen MR) is 58.1 cm³/mol. The lowest BCUT2D eigenvalue weighted by molar-refractivity contribution is 0.0472. The number of aliphatic hydroxyl groups excluding tert-OH is 1. The molecule has 4 nitrogen and oxygen atoms in total. The molecule has 1 aliphatic carbocycles. The van der Waals surface area contributed by atoms with Gasteiger partial charge in [0.05, 0.1) is 6.04 Å². The van der Waals surface area contributed by atoms with Gasteiger partial charge in [-0.2, -0.15) is 0 Å². The second kappa shape index (κ2) is 5.16. The quantitative estimate of drug-likeness (QED) is 0.783. The molecule has 4 atom stereocenters. The van der Waals surface area contributed by atoms with Crippen molar-refractivity contribution in [3.05, 3.63) is 0 Å². The molecular formula is C11H19F2NO3. The molecule has 2 N–H and O–H groups in total. The number of rotatable bonds is 2. The van der Waals surface area contributed by atoms with Gasteiger partial charge in [0.1, 0.15) is 11.8 Å². The maximum atomic E-state index is 13.5. The lowest BCUT2D eigenvalue weighted by Crippen LogP contribution is -2.42. The summed E-state index contributed by atoms with van der Waals surface area (Å²) in [5.41, 5.74) is -0.681. The van der Waals surface area contributed by atoms with Crippen molar-refractivity contribution in [2.24, 2.45) is 5.92 Å². The molecule has 1 fully saturated rings. The molecule has 0 heterocycles. The SMILES string of the molecule is CC(C)(C)OC(=O)NC1CC(CO)C(F)C1F. The summed E-state index contributed by atoms with van der Waals surface area (Å²) >= 11 is 0. The van der Waals surface area contributed by atoms with E-state index in [2.05, 4.69) is 5.32 Å². The minimum Gasteiger partial charge on any atom is -0.444 e. The van der Waals surface area contributed by atoms with Crippen LogP contribution >= 0.6 is 0 Å². The number of aliphatic hydroxyl groups is 1. The van der Waals surface area contributed by atoms with E-state index in [9.17, 15) is 13.6 Å². The molecule has 0 bridgehead atoms. The molecule has 0 saturated heterocycles. The van der Waals surface area contributed by atoms with Crippen LogP contribution in [0.2, 0.25) is 0 Å². The van der Waals surface area contributed by atoms with Gasteiger partial charge in [0, 0.05) is 12.5 Å². The van der Waals surface area contributed by atoms with Crippen LogP contribution in [0.25, 0.3) is 0 Å². The molecule has 100 valence electrons. The number of ether oxygens (including phenoxy) is 1. The normalized spacial score (nSPS) is 33.5. The van der Waals surface area contributed by atoms with Crippen molar-refractivity contribution in [2.45, 2.75) is 51.2 Å². The van der Waals surface area contributed by atoms with E-state index in [0.29, 0.717) is 0 Å². The van der Waals surface area contributed by atoms with E-state index >= 15 is 0 Å². The van der Waals surface area contributed by atoms with Crippen molar-refractivity contribution in [3.8, 4) is 0 Å². The van der Waals surface area contributed by atoms with Crippen LogP contribution in [0.4, 0.5) is 13.6 Å². The Kier molecular flexibility index (Phi) is 4.30. The highest BCUT2D eigenvalue weighted by Gasteiger charge is 2.45. The fourth-order valence-electron chi connectivity index (χ4n) is 1.84. The maximum Gasteiger partial charge on any atom is 0.407 e. The zero-order valence-electron chi connectivity index (χ0n) is 10.2. The third-order valence-corrected chi connectivity index (χ3v) is 2.63. The minimum atomic E-state index is -1.79. The Balaban J connectivity index is 2.50. The lowest BCUT2D eigenvalue weighted by Gasteiger charge is -2.22. The Morgan fingerprint density at radius 3 is 2.41 bits per heavy atom. The third-order valence-electron chi connectivity index (χ3n) is 2.63. The van der Waals surface area contributed by atoms with Crippen LogP contribution in [0, 0.1) is 5.92 Å². The molecular weight excluding hydrogens is 232 g/mol. The van der Waals surface area contributed by atoms with Crippen LogP contribution in [0.1, 0.15) is 27.2 Å². The summed E-state index contributed by atoms with van der Waals surface area (Å²) in [6.45, 7) is 4.63. The molecule has 4 unspecified atom stereocenters. The van der Waals surface area contributed by atoms with E-state index in [1.54, 1.807) is 20.8 Å². The van der Waals surface area contributed by atoms with Gasteiger partial charge in [0.2, 0.25) is 0 Å². The molecule has 1 rings (SSSR count). The Morgan fingerprint density at radius 1 is 1.41 bits per heavy atom. The largest absolute Gasteiger partial charge is 0.444 e. The fraction of sp³-hybridized carbons (Fsp3) is 0.909. The summed E-state index contributed by atoms with van der Waals surface area (Å²) < 4.78 is 31.7. The first-order valence-corrected chi connectivity index (χ1v) is 5.63. The van der Waals surface area contributed by atoms with Gasteiger partial charge in [-0.3, -0.25) is 0 Å². The van der Waals surface area contributed by atoms with Gasteiger partial charge in [-0.1, -0.05) is 0 Å². The number of hydrogen-bond acceptors (Lipinski definition) is 3. The summed E-state index contributed by atoms with van der Waals surface area (Å²) in [5.74, 6) is -0.759. The van der Waals surface area contributed by atoms with Crippen LogP contribution in [-0.2, 0) is 4.74 Å². The van der Waals surface area contributed by atoms with E-state index in [1.165, 1.54) is 0 Å². The highest BCUT2D eigenvalue weighted by molar-refractivity contribution is 5.68. The van der Waals surface area contributed by atoms with E-state index in [-0.39, 0.29) is 6.42 Å². The zero-order chi connectivity index (χ0) is 13.2. The topological polar surface area (TPSA) is 58.6 Å². The van der Waals surface area contributed by atoms with Crippen LogP contribution in [-0.4, -0.2) is 41.8 Å². The number of alkyl carbamates (subject to hydrolysis) is 1. The maximum absolute atomic E-state index is 13.5. The van der Waals surface area contributed by atoms with Gasteiger partial charge in [0.15, 0.2) is 6.17 Å². The van der Waals surface area contributed by atoms with Crippen LogP contribution in [0.15, 0.2) is 0 Å². The first-order chi connectivity index (χ1) is 7.74. The zero-order valence-corrected chi connectivity index (χ0v) is 10.2. The number of nitrogens with one attached hydrogen (secondary N) is 1. The lowest BCUT2D eigenvalue weighted by atomic mass is 10.1. The molecule has 0 aliphatic heterocycles. The second-order valence-electron chi connectivity index (χ2n) is 5.32. The molecule has 1 aliphatic rings. The van der Waals surface area contributed by atoms with E-state index in [1.807, 2.05) is 0 Å². The molecule has 17 heavy (non-hydrogen) atoms. The Labute approximate surface area is 99.3 Å². The summed E-state index contributed by atoms with van der Waals surface area (Å²) in [5, 5.41) is 11.1. The number of carbonyl (C=O) groups excluding carboxylic acids is 1. The molecule has 0 aromatic rings. The number of hydrogen-bond donors (Lipinski definition) is 2. The van der Waals surface area contributed by atoms with Crippen LogP contribution in [0.3, 0.4) is 0 Å². The minimum absolute atomic E-state index is 0.0814. The predicted octanol–water partition coefficient (Wildman–Crippen LogP) is 1.57. The van der Waals surface area contributed by atoms with Gasteiger partial charge in [0.25, 0.3) is 0 Å². The summed E-state index contributed by atoms with van der Waals surface area (Å²) in [7, 11) is 0. The van der Waals surface area contributed by atoms with Gasteiger partial charge >= 0.3 is 6.09 Å². The standard InChI is InChI=1S/C11H19F2NO3/c1-11(2,3)17-10(16)14-7-4-6(5-15)8(12)9(7)13/h6-9,15H,4-5H2,1-3H3,(H,14,16). The van der Waals surface area contributed by atoms with Crippen molar-refractivity contribution in [3.63, 3.8) is 0 Å². The fourth-order valence-corrected chi connectivity index (χ4v) is 1.84.